The molecular weight excluding hydrogens is 268 g/mol. The molecule has 0 bridgehead atoms. The van der Waals surface area contributed by atoms with Crippen LogP contribution in [0.25, 0.3) is 0 Å². The van der Waals surface area contributed by atoms with Crippen LogP contribution < -0.4 is 5.32 Å². The fourth-order valence-corrected chi connectivity index (χ4v) is 2.95. The highest BCUT2D eigenvalue weighted by molar-refractivity contribution is 7.10. The highest BCUT2D eigenvalue weighted by Crippen LogP contribution is 2.22. The summed E-state index contributed by atoms with van der Waals surface area (Å²) in [5.74, 6) is 0.791. The topological polar surface area (TPSA) is 41.1 Å². The van der Waals surface area contributed by atoms with Gasteiger partial charge in [0.25, 0.3) is 0 Å². The van der Waals surface area contributed by atoms with Crippen molar-refractivity contribution in [2.24, 2.45) is 5.92 Å². The van der Waals surface area contributed by atoms with Crippen molar-refractivity contribution in [3.63, 3.8) is 0 Å². The smallest absolute Gasteiger partial charge is 0.138 e. The SMILES string of the molecule is CC(C)N(Cc1nnsc1Cl)CC1CCNCC1. The van der Waals surface area contributed by atoms with Gasteiger partial charge in [0.05, 0.1) is 0 Å². The molecule has 0 aliphatic carbocycles. The molecule has 2 rings (SSSR count). The maximum absolute atomic E-state index is 6.09. The quantitative estimate of drug-likeness (QED) is 0.903. The van der Waals surface area contributed by atoms with Crippen LogP contribution >= 0.6 is 23.1 Å². The Hall–Kier alpha value is -0.230. The van der Waals surface area contributed by atoms with Crippen LogP contribution in [0.3, 0.4) is 0 Å². The monoisotopic (exact) mass is 288 g/mol. The van der Waals surface area contributed by atoms with Gasteiger partial charge in [-0.05, 0) is 45.7 Å². The van der Waals surface area contributed by atoms with Crippen molar-refractivity contribution < 1.29 is 0 Å². The van der Waals surface area contributed by atoms with Gasteiger partial charge in [0.1, 0.15) is 10.0 Å². The van der Waals surface area contributed by atoms with Gasteiger partial charge < -0.3 is 5.32 Å². The largest absolute Gasteiger partial charge is 0.317 e. The second-order valence-corrected chi connectivity index (χ2v) is 6.57. The van der Waals surface area contributed by atoms with Gasteiger partial charge in [-0.15, -0.1) is 5.10 Å². The van der Waals surface area contributed by atoms with Crippen molar-refractivity contribution in [1.29, 1.82) is 0 Å². The highest BCUT2D eigenvalue weighted by atomic mass is 35.5. The van der Waals surface area contributed by atoms with Crippen LogP contribution in [0.4, 0.5) is 0 Å². The molecule has 6 heteroatoms. The number of halogens is 1. The molecule has 1 aliphatic heterocycles. The fraction of sp³-hybridized carbons (Fsp3) is 0.833. The van der Waals surface area contributed by atoms with E-state index < -0.39 is 0 Å². The van der Waals surface area contributed by atoms with Crippen LogP contribution in [-0.2, 0) is 6.54 Å². The summed E-state index contributed by atoms with van der Waals surface area (Å²) in [5, 5.41) is 7.53. The van der Waals surface area contributed by atoms with E-state index in [0.29, 0.717) is 6.04 Å². The third kappa shape index (κ3) is 3.88. The summed E-state index contributed by atoms with van der Waals surface area (Å²) in [7, 11) is 0. The van der Waals surface area contributed by atoms with Crippen molar-refractivity contribution in [3.8, 4) is 0 Å². The standard InChI is InChI=1S/C12H21ClN4S/c1-9(2)17(7-10-3-5-14-6-4-10)8-11-12(13)18-16-15-11/h9-10,14H,3-8H2,1-2H3. The summed E-state index contributed by atoms with van der Waals surface area (Å²) in [6, 6.07) is 0.512. The first-order valence-corrected chi connectivity index (χ1v) is 7.73. The van der Waals surface area contributed by atoms with E-state index in [2.05, 4.69) is 33.7 Å². The Bertz CT molecular complexity index is 363. The van der Waals surface area contributed by atoms with Crippen LogP contribution in [0.2, 0.25) is 4.34 Å². The van der Waals surface area contributed by atoms with E-state index in [1.54, 1.807) is 0 Å². The van der Waals surface area contributed by atoms with E-state index in [-0.39, 0.29) is 0 Å². The van der Waals surface area contributed by atoms with Gasteiger partial charge in [0.2, 0.25) is 0 Å². The average Bonchev–Trinajstić information content (AvgIpc) is 2.75. The number of nitrogens with zero attached hydrogens (tertiary/aromatic N) is 3. The predicted molar refractivity (Wildman–Crippen MR) is 76.1 cm³/mol. The minimum absolute atomic E-state index is 0.512. The Morgan fingerprint density at radius 1 is 1.44 bits per heavy atom. The number of nitrogens with one attached hydrogen (secondary N) is 1. The van der Waals surface area contributed by atoms with E-state index in [1.165, 1.54) is 24.4 Å². The van der Waals surface area contributed by atoms with Gasteiger partial charge >= 0.3 is 0 Å². The molecule has 1 aromatic rings. The number of aromatic nitrogens is 2. The van der Waals surface area contributed by atoms with E-state index in [1.807, 2.05) is 0 Å². The third-order valence-corrected chi connectivity index (χ3v) is 4.53. The summed E-state index contributed by atoms with van der Waals surface area (Å²) in [6.45, 7) is 8.71. The minimum Gasteiger partial charge on any atom is -0.317 e. The Morgan fingerprint density at radius 3 is 2.72 bits per heavy atom. The molecule has 1 N–H and O–H groups in total. The summed E-state index contributed by atoms with van der Waals surface area (Å²) in [4.78, 5) is 2.46. The lowest BCUT2D eigenvalue weighted by molar-refractivity contribution is 0.160. The number of rotatable bonds is 5. The van der Waals surface area contributed by atoms with E-state index in [0.717, 1.165) is 42.1 Å². The van der Waals surface area contributed by atoms with Gasteiger partial charge in [-0.1, -0.05) is 16.1 Å². The van der Waals surface area contributed by atoms with Gasteiger partial charge in [-0.2, -0.15) is 0 Å². The lowest BCUT2D eigenvalue weighted by Gasteiger charge is -2.32. The van der Waals surface area contributed by atoms with Gasteiger partial charge in [0.15, 0.2) is 0 Å². The van der Waals surface area contributed by atoms with Gasteiger partial charge in [0, 0.05) is 30.7 Å². The van der Waals surface area contributed by atoms with Crippen molar-refractivity contribution in [2.75, 3.05) is 19.6 Å². The summed E-state index contributed by atoms with van der Waals surface area (Å²) >= 11 is 7.36. The highest BCUT2D eigenvalue weighted by Gasteiger charge is 2.20. The first-order chi connectivity index (χ1) is 8.66. The second-order valence-electron chi connectivity index (χ2n) is 5.21. The summed E-state index contributed by atoms with van der Waals surface area (Å²) < 4.78 is 4.63. The van der Waals surface area contributed by atoms with Crippen LogP contribution in [0, 0.1) is 5.92 Å². The van der Waals surface area contributed by atoms with Crippen LogP contribution in [-0.4, -0.2) is 40.2 Å². The first-order valence-electron chi connectivity index (χ1n) is 6.58. The molecule has 1 aromatic heterocycles. The Balaban J connectivity index is 1.93. The average molecular weight is 289 g/mol. The molecule has 0 aromatic carbocycles. The molecule has 2 heterocycles. The van der Waals surface area contributed by atoms with Crippen molar-refractivity contribution in [3.05, 3.63) is 10.0 Å². The molecule has 0 amide bonds. The molecule has 18 heavy (non-hydrogen) atoms. The van der Waals surface area contributed by atoms with Crippen LogP contribution in [0.1, 0.15) is 32.4 Å². The maximum atomic E-state index is 6.09. The fourth-order valence-electron chi connectivity index (χ4n) is 2.34. The zero-order valence-corrected chi connectivity index (χ0v) is 12.6. The molecule has 0 saturated carbocycles. The Kier molecular flexibility index (Phi) is 5.36. The number of hydrogen-bond acceptors (Lipinski definition) is 5. The molecule has 0 atom stereocenters. The minimum atomic E-state index is 0.512. The Labute approximate surface area is 118 Å². The first kappa shape index (κ1) is 14.2. The molecular formula is C12H21ClN4S. The lowest BCUT2D eigenvalue weighted by atomic mass is 9.97. The van der Waals surface area contributed by atoms with E-state index in [9.17, 15) is 0 Å². The maximum Gasteiger partial charge on any atom is 0.138 e. The van der Waals surface area contributed by atoms with Crippen molar-refractivity contribution >= 4 is 23.1 Å². The number of piperidine rings is 1. The van der Waals surface area contributed by atoms with Crippen molar-refractivity contribution in [2.45, 2.75) is 39.3 Å². The van der Waals surface area contributed by atoms with Crippen molar-refractivity contribution in [1.82, 2.24) is 19.8 Å². The molecule has 102 valence electrons. The summed E-state index contributed by atoms with van der Waals surface area (Å²) in [6.07, 6.45) is 2.54. The second kappa shape index (κ2) is 6.80. The third-order valence-electron chi connectivity index (χ3n) is 3.54. The zero-order chi connectivity index (χ0) is 13.0. The lowest BCUT2D eigenvalue weighted by Crippen LogP contribution is -2.39. The molecule has 1 fully saturated rings. The number of hydrogen-bond donors (Lipinski definition) is 1. The van der Waals surface area contributed by atoms with Crippen LogP contribution in [0.15, 0.2) is 0 Å². The molecule has 0 unspecified atom stereocenters. The van der Waals surface area contributed by atoms with Gasteiger partial charge in [-0.25, -0.2) is 0 Å². The Morgan fingerprint density at radius 2 is 2.17 bits per heavy atom. The normalized spacial score (nSPS) is 17.8. The molecule has 0 radical (unpaired) electrons. The summed E-state index contributed by atoms with van der Waals surface area (Å²) in [5.41, 5.74) is 0.921. The molecule has 1 aliphatic rings. The van der Waals surface area contributed by atoms with Gasteiger partial charge in [-0.3, -0.25) is 4.90 Å². The molecule has 0 spiro atoms. The van der Waals surface area contributed by atoms with E-state index in [4.69, 9.17) is 11.6 Å². The van der Waals surface area contributed by atoms with E-state index >= 15 is 0 Å². The predicted octanol–water partition coefficient (Wildman–Crippen LogP) is 2.40. The molecule has 1 saturated heterocycles. The van der Waals surface area contributed by atoms with Crippen LogP contribution in [0.5, 0.6) is 0 Å². The zero-order valence-electron chi connectivity index (χ0n) is 11.0. The molecule has 4 nitrogen and oxygen atoms in total.